The molecule has 10 heteroatoms. The van der Waals surface area contributed by atoms with E-state index >= 15 is 0 Å². The van der Waals surface area contributed by atoms with Gasteiger partial charge in [-0.2, -0.15) is 0 Å². The average Bonchev–Trinajstić information content (AvgIpc) is 2.75. The summed E-state index contributed by atoms with van der Waals surface area (Å²) in [6, 6.07) is 0. The highest BCUT2D eigenvalue weighted by atomic mass is 32.2. The predicted octanol–water partition coefficient (Wildman–Crippen LogP) is -0.284. The van der Waals surface area contributed by atoms with Crippen molar-refractivity contribution in [2.24, 2.45) is 0 Å². The molecular weight excluding hydrogens is 212 g/mol. The zero-order valence-electron chi connectivity index (χ0n) is 6.08. The number of hydrogen-bond acceptors (Lipinski definition) is 8. The van der Waals surface area contributed by atoms with Crippen molar-refractivity contribution >= 4 is 23.5 Å². The molecule has 2 heterocycles. The number of tetrazole rings is 2. The summed E-state index contributed by atoms with van der Waals surface area (Å²) >= 11 is 2.71. The summed E-state index contributed by atoms with van der Waals surface area (Å²) < 4.78 is 0. The van der Waals surface area contributed by atoms with E-state index < -0.39 is 0 Å². The topological polar surface area (TPSA) is 109 Å². The first-order chi connectivity index (χ1) is 6.45. The maximum absolute atomic E-state index is 3.67. The SMILES string of the molecule is [CH](Sc1nnn[nH]1)Sc1nnn[nH]1. The van der Waals surface area contributed by atoms with Gasteiger partial charge in [-0.1, -0.05) is 23.5 Å². The van der Waals surface area contributed by atoms with Crippen LogP contribution in [0.4, 0.5) is 0 Å². The van der Waals surface area contributed by atoms with E-state index in [0.717, 1.165) is 0 Å². The van der Waals surface area contributed by atoms with Gasteiger partial charge in [0.25, 0.3) is 0 Å². The molecule has 0 aliphatic heterocycles. The van der Waals surface area contributed by atoms with E-state index in [1.165, 1.54) is 23.5 Å². The zero-order chi connectivity index (χ0) is 8.93. The number of aromatic nitrogens is 8. The minimum Gasteiger partial charge on any atom is -0.234 e. The molecule has 0 fully saturated rings. The molecule has 2 aromatic heterocycles. The second-order valence-corrected chi connectivity index (χ2v) is 3.76. The number of nitrogens with zero attached hydrogens (tertiary/aromatic N) is 6. The second-order valence-electron chi connectivity index (χ2n) is 1.74. The summed E-state index contributed by atoms with van der Waals surface area (Å²) in [6.45, 7) is 0. The summed E-state index contributed by atoms with van der Waals surface area (Å²) in [5.41, 5.74) is 0. The first-order valence-corrected chi connectivity index (χ1v) is 4.83. The molecule has 0 unspecified atom stereocenters. The Hall–Kier alpha value is -1.16. The molecule has 2 rings (SSSR count). The smallest absolute Gasteiger partial charge is 0.207 e. The molecule has 13 heavy (non-hydrogen) atoms. The summed E-state index contributed by atoms with van der Waals surface area (Å²) in [4.78, 5) is 0. The Bertz CT molecular complexity index is 294. The van der Waals surface area contributed by atoms with Crippen molar-refractivity contribution in [1.82, 2.24) is 41.2 Å². The van der Waals surface area contributed by atoms with Crippen LogP contribution in [0.1, 0.15) is 0 Å². The highest BCUT2D eigenvalue weighted by Crippen LogP contribution is 2.26. The van der Waals surface area contributed by atoms with Crippen LogP contribution in [-0.4, -0.2) is 41.2 Å². The fraction of sp³-hybridized carbons (Fsp3) is 0. The molecule has 0 amide bonds. The Morgan fingerprint density at radius 1 is 0.923 bits per heavy atom. The van der Waals surface area contributed by atoms with Gasteiger partial charge in [0.1, 0.15) is 0 Å². The van der Waals surface area contributed by atoms with Gasteiger partial charge >= 0.3 is 0 Å². The van der Waals surface area contributed by atoms with E-state index in [2.05, 4.69) is 41.2 Å². The van der Waals surface area contributed by atoms with E-state index in [0.29, 0.717) is 10.3 Å². The van der Waals surface area contributed by atoms with Gasteiger partial charge < -0.3 is 0 Å². The van der Waals surface area contributed by atoms with Crippen molar-refractivity contribution in [1.29, 1.82) is 0 Å². The first-order valence-electron chi connectivity index (χ1n) is 3.07. The van der Waals surface area contributed by atoms with Crippen LogP contribution in [0.2, 0.25) is 0 Å². The number of nitrogens with one attached hydrogen (secondary N) is 2. The van der Waals surface area contributed by atoms with E-state index in [9.17, 15) is 0 Å². The van der Waals surface area contributed by atoms with Crippen LogP contribution >= 0.6 is 23.5 Å². The Labute approximate surface area is 80.6 Å². The maximum atomic E-state index is 3.67. The van der Waals surface area contributed by atoms with Crippen molar-refractivity contribution in [3.63, 3.8) is 0 Å². The van der Waals surface area contributed by atoms with Gasteiger partial charge in [0, 0.05) is 0 Å². The standard InChI is InChI=1S/C3H3N8S2/c1(12-2-4-8-9-5-2)13-3-6-10-11-7-3/h1H,(H,4,5,8,9)(H,6,7,10,11). The van der Waals surface area contributed by atoms with Gasteiger partial charge in [-0.25, -0.2) is 10.2 Å². The Morgan fingerprint density at radius 2 is 1.46 bits per heavy atom. The maximum Gasteiger partial charge on any atom is 0.207 e. The Kier molecular flexibility index (Phi) is 2.72. The van der Waals surface area contributed by atoms with E-state index in [1.807, 2.05) is 5.08 Å². The van der Waals surface area contributed by atoms with Gasteiger partial charge in [0.2, 0.25) is 10.3 Å². The third kappa shape index (κ3) is 2.39. The minimum atomic E-state index is 0.625. The minimum absolute atomic E-state index is 0.625. The normalized spacial score (nSPS) is 10.5. The number of hydrogen-bond donors (Lipinski definition) is 2. The summed E-state index contributed by atoms with van der Waals surface area (Å²) in [5, 5.41) is 29.3. The van der Waals surface area contributed by atoms with Crippen molar-refractivity contribution in [3.05, 3.63) is 5.08 Å². The number of aromatic amines is 2. The second kappa shape index (κ2) is 4.18. The van der Waals surface area contributed by atoms with Crippen LogP contribution in [0, 0.1) is 5.08 Å². The molecule has 1 radical (unpaired) electrons. The van der Waals surface area contributed by atoms with Crippen LogP contribution in [0.15, 0.2) is 10.3 Å². The van der Waals surface area contributed by atoms with Crippen molar-refractivity contribution in [2.45, 2.75) is 10.3 Å². The lowest BCUT2D eigenvalue weighted by Crippen LogP contribution is -1.75. The van der Waals surface area contributed by atoms with Crippen molar-refractivity contribution in [2.75, 3.05) is 0 Å². The fourth-order valence-corrected chi connectivity index (χ4v) is 1.79. The molecule has 0 aliphatic rings. The number of H-pyrrole nitrogens is 2. The molecule has 0 spiro atoms. The molecule has 2 aromatic rings. The van der Waals surface area contributed by atoms with Crippen molar-refractivity contribution in [3.8, 4) is 0 Å². The molecule has 2 N–H and O–H groups in total. The van der Waals surface area contributed by atoms with E-state index in [-0.39, 0.29) is 0 Å². The molecule has 0 bridgehead atoms. The highest BCUT2D eigenvalue weighted by Gasteiger charge is 2.01. The van der Waals surface area contributed by atoms with E-state index in [4.69, 9.17) is 0 Å². The largest absolute Gasteiger partial charge is 0.234 e. The first kappa shape index (κ1) is 8.44. The van der Waals surface area contributed by atoms with Gasteiger partial charge in [0.05, 0.1) is 5.08 Å². The van der Waals surface area contributed by atoms with E-state index in [1.54, 1.807) is 0 Å². The fourth-order valence-electron chi connectivity index (χ4n) is 0.516. The number of thioether (sulfide) groups is 2. The van der Waals surface area contributed by atoms with Gasteiger partial charge in [-0.05, 0) is 20.9 Å². The van der Waals surface area contributed by atoms with Gasteiger partial charge in [-0.3, -0.25) is 0 Å². The zero-order valence-corrected chi connectivity index (χ0v) is 7.71. The third-order valence-corrected chi connectivity index (χ3v) is 2.53. The average molecular weight is 215 g/mol. The molecule has 0 atom stereocenters. The summed E-state index contributed by atoms with van der Waals surface area (Å²) in [6.07, 6.45) is 0. The molecule has 8 nitrogen and oxygen atoms in total. The van der Waals surface area contributed by atoms with Crippen LogP contribution in [0.25, 0.3) is 0 Å². The summed E-state index contributed by atoms with van der Waals surface area (Å²) in [5.74, 6) is 0. The quantitative estimate of drug-likeness (QED) is 0.670. The van der Waals surface area contributed by atoms with Crippen LogP contribution in [0.5, 0.6) is 0 Å². The lowest BCUT2D eigenvalue weighted by molar-refractivity contribution is 0.881. The Morgan fingerprint density at radius 3 is 1.85 bits per heavy atom. The summed E-state index contributed by atoms with van der Waals surface area (Å²) in [7, 11) is 0. The lowest BCUT2D eigenvalue weighted by Gasteiger charge is -1.90. The van der Waals surface area contributed by atoms with Gasteiger partial charge in [-0.15, -0.1) is 10.2 Å². The highest BCUT2D eigenvalue weighted by molar-refractivity contribution is 8.19. The molecule has 0 aliphatic carbocycles. The van der Waals surface area contributed by atoms with Crippen molar-refractivity contribution < 1.29 is 0 Å². The van der Waals surface area contributed by atoms with Gasteiger partial charge in [0.15, 0.2) is 0 Å². The number of rotatable bonds is 4. The Balaban J connectivity index is 1.76. The molecule has 67 valence electrons. The third-order valence-electron chi connectivity index (χ3n) is 0.971. The monoisotopic (exact) mass is 215 g/mol. The molecular formula is C3H3N8S2. The van der Waals surface area contributed by atoms with Crippen LogP contribution in [0.3, 0.4) is 0 Å². The predicted molar refractivity (Wildman–Crippen MR) is 44.4 cm³/mol. The van der Waals surface area contributed by atoms with Crippen LogP contribution < -0.4 is 0 Å². The van der Waals surface area contributed by atoms with Crippen LogP contribution in [-0.2, 0) is 0 Å². The molecule has 0 aromatic carbocycles. The molecule has 0 saturated heterocycles. The lowest BCUT2D eigenvalue weighted by atomic mass is 11.4. The molecule has 0 saturated carbocycles.